The van der Waals surface area contributed by atoms with E-state index in [1.165, 1.54) is 0 Å². The van der Waals surface area contributed by atoms with Crippen molar-refractivity contribution < 1.29 is 19.8 Å². The van der Waals surface area contributed by atoms with E-state index in [9.17, 15) is 14.7 Å². The number of azo groups is 1. The normalized spacial score (nSPS) is 13.7. The van der Waals surface area contributed by atoms with Crippen molar-refractivity contribution in [3.8, 4) is 0 Å². The van der Waals surface area contributed by atoms with Gasteiger partial charge in [-0.15, -0.1) is 0 Å². The van der Waals surface area contributed by atoms with Crippen molar-refractivity contribution in [2.75, 3.05) is 0 Å². The molecule has 0 heterocycles. The fourth-order valence-electron chi connectivity index (χ4n) is 2.34. The van der Waals surface area contributed by atoms with Gasteiger partial charge < -0.3 is 15.9 Å². The molecule has 0 fully saturated rings. The molecule has 27 heavy (non-hydrogen) atoms. The van der Waals surface area contributed by atoms with E-state index in [-0.39, 0.29) is 12.8 Å². The molecule has 7 nitrogen and oxygen atoms in total. The molecule has 0 saturated carbocycles. The molecule has 140 valence electrons. The molecule has 0 aliphatic carbocycles. The second kappa shape index (κ2) is 9.98. The van der Waals surface area contributed by atoms with Crippen molar-refractivity contribution in [2.24, 2.45) is 21.9 Å². The maximum absolute atomic E-state index is 11.2. The summed E-state index contributed by atoms with van der Waals surface area (Å²) < 4.78 is 0. The van der Waals surface area contributed by atoms with Gasteiger partial charge in [0.05, 0.1) is 17.3 Å². The summed E-state index contributed by atoms with van der Waals surface area (Å²) in [7, 11) is 0. The zero-order valence-electron chi connectivity index (χ0n) is 14.6. The first-order valence-corrected chi connectivity index (χ1v) is 8.40. The van der Waals surface area contributed by atoms with Crippen LogP contribution in [0.5, 0.6) is 0 Å². The van der Waals surface area contributed by atoms with E-state index in [1.54, 1.807) is 24.3 Å². The van der Waals surface area contributed by atoms with Gasteiger partial charge in [-0.1, -0.05) is 42.5 Å². The zero-order valence-corrected chi connectivity index (χ0v) is 14.6. The Morgan fingerprint density at radius 1 is 0.926 bits per heavy atom. The Labute approximate surface area is 156 Å². The Kier molecular flexibility index (Phi) is 7.39. The largest absolute Gasteiger partial charge is 0.481 e. The highest BCUT2D eigenvalue weighted by molar-refractivity contribution is 5.76. The lowest BCUT2D eigenvalue weighted by molar-refractivity contribution is -0.143. The number of rotatable bonds is 9. The van der Waals surface area contributed by atoms with Gasteiger partial charge in [-0.2, -0.15) is 10.2 Å². The summed E-state index contributed by atoms with van der Waals surface area (Å²) in [4.78, 5) is 22.0. The number of nitrogens with zero attached hydrogens (tertiary/aromatic N) is 2. The highest BCUT2D eigenvalue weighted by Gasteiger charge is 2.23. The number of benzene rings is 2. The lowest BCUT2D eigenvalue weighted by atomic mass is 9.96. The number of carbonyl (C=O) groups is 2. The quantitative estimate of drug-likeness (QED) is 0.577. The minimum Gasteiger partial charge on any atom is -0.481 e. The van der Waals surface area contributed by atoms with Gasteiger partial charge in [0, 0.05) is 0 Å². The highest BCUT2D eigenvalue weighted by atomic mass is 16.4. The Morgan fingerprint density at radius 3 is 2.07 bits per heavy atom. The third-order valence-corrected chi connectivity index (χ3v) is 3.87. The molecular formula is C20H21N3O4. The van der Waals surface area contributed by atoms with Crippen molar-refractivity contribution in [3.63, 3.8) is 0 Å². The lowest BCUT2D eigenvalue weighted by Crippen LogP contribution is -2.34. The number of hydrogen-bond acceptors (Lipinski definition) is 5. The van der Waals surface area contributed by atoms with Gasteiger partial charge in [0.2, 0.25) is 0 Å². The molecule has 0 amide bonds. The third-order valence-electron chi connectivity index (χ3n) is 3.87. The van der Waals surface area contributed by atoms with Crippen molar-refractivity contribution >= 4 is 29.4 Å². The molecule has 2 atom stereocenters. The van der Waals surface area contributed by atoms with Gasteiger partial charge in [0.1, 0.15) is 6.04 Å². The molecule has 0 aliphatic heterocycles. The number of hydrogen-bond donors (Lipinski definition) is 3. The molecule has 4 N–H and O–H groups in total. The summed E-state index contributed by atoms with van der Waals surface area (Å²) in [6.45, 7) is 0. The van der Waals surface area contributed by atoms with Crippen molar-refractivity contribution in [1.82, 2.24) is 0 Å². The van der Waals surface area contributed by atoms with Crippen LogP contribution in [0.1, 0.15) is 18.4 Å². The number of aliphatic carboxylic acids is 2. The Morgan fingerprint density at radius 2 is 1.52 bits per heavy atom. The smallest absolute Gasteiger partial charge is 0.320 e. The summed E-state index contributed by atoms with van der Waals surface area (Å²) in [6, 6.07) is 15.5. The van der Waals surface area contributed by atoms with Crippen LogP contribution in [-0.4, -0.2) is 28.2 Å². The standard InChI is InChI=1S/C20H21N3O4/c21-18(20(26)27)13-15(19(24)25)6-4-5-14-9-11-17(12-10-14)23-22-16-7-2-1-3-8-16/h1-5,7-12,15,18H,6,13,21H2,(H,24,25)(H,26,27)/b5-4+,23-22-/t15-,18+/m1/s1. The average Bonchev–Trinajstić information content (AvgIpc) is 2.67. The van der Waals surface area contributed by atoms with Crippen LogP contribution in [0.15, 0.2) is 70.9 Å². The summed E-state index contributed by atoms with van der Waals surface area (Å²) in [5.41, 5.74) is 7.76. The first-order chi connectivity index (χ1) is 13.0. The third kappa shape index (κ3) is 6.83. The van der Waals surface area contributed by atoms with E-state index < -0.39 is 23.9 Å². The molecule has 0 unspecified atom stereocenters. The van der Waals surface area contributed by atoms with Crippen LogP contribution in [-0.2, 0) is 9.59 Å². The molecule has 0 aliphatic rings. The molecule has 0 aromatic heterocycles. The minimum absolute atomic E-state index is 0.117. The van der Waals surface area contributed by atoms with E-state index in [4.69, 9.17) is 10.8 Å². The summed E-state index contributed by atoms with van der Waals surface area (Å²) >= 11 is 0. The molecule has 7 heteroatoms. The van der Waals surface area contributed by atoms with Crippen LogP contribution in [0, 0.1) is 5.92 Å². The Bertz CT molecular complexity index is 817. The monoisotopic (exact) mass is 367 g/mol. The second-order valence-electron chi connectivity index (χ2n) is 5.98. The van der Waals surface area contributed by atoms with Gasteiger partial charge in [-0.05, 0) is 42.7 Å². The molecule has 0 radical (unpaired) electrons. The van der Waals surface area contributed by atoms with Crippen molar-refractivity contribution in [1.29, 1.82) is 0 Å². The average molecular weight is 367 g/mol. The predicted octanol–water partition coefficient (Wildman–Crippen LogP) is 4.01. The van der Waals surface area contributed by atoms with E-state index in [1.807, 2.05) is 42.5 Å². The molecule has 2 aromatic rings. The van der Waals surface area contributed by atoms with Crippen LogP contribution >= 0.6 is 0 Å². The fourth-order valence-corrected chi connectivity index (χ4v) is 2.34. The van der Waals surface area contributed by atoms with Crippen LogP contribution in [0.4, 0.5) is 11.4 Å². The van der Waals surface area contributed by atoms with Crippen molar-refractivity contribution in [2.45, 2.75) is 18.9 Å². The molecule has 2 rings (SSSR count). The van der Waals surface area contributed by atoms with Gasteiger partial charge in [-0.25, -0.2) is 0 Å². The summed E-state index contributed by atoms with van der Waals surface area (Å²) in [5.74, 6) is -3.11. The highest BCUT2D eigenvalue weighted by Crippen LogP contribution is 2.19. The van der Waals surface area contributed by atoms with Crippen LogP contribution < -0.4 is 5.73 Å². The number of allylic oxidation sites excluding steroid dienone is 1. The number of carboxylic acids is 2. The van der Waals surface area contributed by atoms with Crippen molar-refractivity contribution in [3.05, 3.63) is 66.2 Å². The van der Waals surface area contributed by atoms with Gasteiger partial charge in [0.15, 0.2) is 0 Å². The molecular weight excluding hydrogens is 346 g/mol. The molecule has 0 saturated heterocycles. The van der Waals surface area contributed by atoms with Gasteiger partial charge in [-0.3, -0.25) is 9.59 Å². The van der Waals surface area contributed by atoms with E-state index in [0.29, 0.717) is 5.69 Å². The predicted molar refractivity (Wildman–Crippen MR) is 102 cm³/mol. The minimum atomic E-state index is -1.20. The number of nitrogens with two attached hydrogens (primary N) is 1. The van der Waals surface area contributed by atoms with Crippen LogP contribution in [0.25, 0.3) is 6.08 Å². The SMILES string of the molecule is N[C@@H](C[C@@H](C/C=C/c1ccc(/N=N\c2ccccc2)cc1)C(=O)O)C(=O)O. The van der Waals surface area contributed by atoms with Crippen LogP contribution in [0.2, 0.25) is 0 Å². The second-order valence-corrected chi connectivity index (χ2v) is 5.98. The lowest BCUT2D eigenvalue weighted by Gasteiger charge is -2.12. The maximum atomic E-state index is 11.2. The molecule has 0 bridgehead atoms. The topological polar surface area (TPSA) is 125 Å². The zero-order chi connectivity index (χ0) is 19.6. The number of carboxylic acid groups (broad SMARTS) is 2. The summed E-state index contributed by atoms with van der Waals surface area (Å²) in [6.07, 6.45) is 3.56. The first kappa shape index (κ1) is 20.0. The van der Waals surface area contributed by atoms with Gasteiger partial charge >= 0.3 is 11.9 Å². The molecule has 2 aromatic carbocycles. The maximum Gasteiger partial charge on any atom is 0.320 e. The Hall–Kier alpha value is -3.32. The molecule has 0 spiro atoms. The summed E-state index contributed by atoms with van der Waals surface area (Å²) in [5, 5.41) is 26.3. The van der Waals surface area contributed by atoms with E-state index in [0.717, 1.165) is 11.3 Å². The van der Waals surface area contributed by atoms with Gasteiger partial charge in [0.25, 0.3) is 0 Å². The fraction of sp³-hybridized carbons (Fsp3) is 0.200. The van der Waals surface area contributed by atoms with Crippen LogP contribution in [0.3, 0.4) is 0 Å². The Balaban J connectivity index is 1.93. The van der Waals surface area contributed by atoms with E-state index >= 15 is 0 Å². The first-order valence-electron chi connectivity index (χ1n) is 8.40. The van der Waals surface area contributed by atoms with E-state index in [2.05, 4.69) is 10.2 Å².